The number of rotatable bonds is 5. The molecule has 0 unspecified atom stereocenters. The van der Waals surface area contributed by atoms with Gasteiger partial charge in [-0.15, -0.1) is 0 Å². The van der Waals surface area contributed by atoms with Crippen LogP contribution < -0.4 is 9.47 Å². The molecular formula is C21H16N4O3S. The Morgan fingerprint density at radius 3 is 2.72 bits per heavy atom. The fourth-order valence-corrected chi connectivity index (χ4v) is 3.99. The average molecular weight is 404 g/mol. The zero-order valence-corrected chi connectivity index (χ0v) is 16.1. The predicted octanol–water partition coefficient (Wildman–Crippen LogP) is 3.56. The summed E-state index contributed by atoms with van der Waals surface area (Å²) in [4.78, 5) is 21.4. The van der Waals surface area contributed by atoms with Crippen LogP contribution in [0.25, 0.3) is 16.7 Å². The van der Waals surface area contributed by atoms with E-state index in [-0.39, 0.29) is 11.5 Å². The van der Waals surface area contributed by atoms with Gasteiger partial charge in [0.05, 0.1) is 23.0 Å². The molecule has 144 valence electrons. The summed E-state index contributed by atoms with van der Waals surface area (Å²) in [5.74, 6) is 1.53. The van der Waals surface area contributed by atoms with Gasteiger partial charge in [-0.25, -0.2) is 14.6 Å². The number of carbonyl (C=O) groups excluding carboxylic acids is 1. The molecule has 2 aromatic heterocycles. The molecule has 2 aromatic carbocycles. The Labute approximate surface area is 170 Å². The highest BCUT2D eigenvalue weighted by Crippen LogP contribution is 2.32. The Morgan fingerprint density at radius 2 is 1.86 bits per heavy atom. The lowest BCUT2D eigenvalue weighted by molar-refractivity contribution is 0.102. The third kappa shape index (κ3) is 3.42. The molecule has 0 aliphatic carbocycles. The van der Waals surface area contributed by atoms with Gasteiger partial charge in [-0.2, -0.15) is 5.10 Å². The largest absolute Gasteiger partial charge is 0.486 e. The van der Waals surface area contributed by atoms with Gasteiger partial charge in [0.25, 0.3) is 0 Å². The third-order valence-electron chi connectivity index (χ3n) is 4.53. The molecule has 4 aromatic rings. The van der Waals surface area contributed by atoms with E-state index in [9.17, 15) is 4.79 Å². The number of ether oxygens (including phenoxy) is 2. The SMILES string of the molecule is O=C(CSc1ncnc2c1cnn2-c1ccccc1)c1ccc2c(c1)OCCO2. The van der Waals surface area contributed by atoms with Crippen LogP contribution in [0.4, 0.5) is 0 Å². The van der Waals surface area contributed by atoms with E-state index in [1.165, 1.54) is 18.1 Å². The Balaban J connectivity index is 1.37. The zero-order chi connectivity index (χ0) is 19.6. The van der Waals surface area contributed by atoms with Crippen molar-refractivity contribution in [3.63, 3.8) is 0 Å². The minimum atomic E-state index is -0.00538. The number of nitrogens with zero attached hydrogens (tertiary/aromatic N) is 4. The van der Waals surface area contributed by atoms with E-state index in [0.717, 1.165) is 16.1 Å². The molecule has 0 spiro atoms. The minimum Gasteiger partial charge on any atom is -0.486 e. The van der Waals surface area contributed by atoms with Gasteiger partial charge >= 0.3 is 0 Å². The molecule has 1 aliphatic heterocycles. The molecule has 1 aliphatic rings. The van der Waals surface area contributed by atoms with E-state index in [2.05, 4.69) is 15.1 Å². The maximum absolute atomic E-state index is 12.7. The third-order valence-corrected chi connectivity index (χ3v) is 5.54. The number of Topliss-reactive ketones (excluding diaryl/α,β-unsaturated/α-hetero) is 1. The highest BCUT2D eigenvalue weighted by atomic mass is 32.2. The number of ketones is 1. The monoisotopic (exact) mass is 404 g/mol. The number of aromatic nitrogens is 4. The average Bonchev–Trinajstić information content (AvgIpc) is 3.22. The molecule has 0 atom stereocenters. The van der Waals surface area contributed by atoms with Gasteiger partial charge in [-0.05, 0) is 30.3 Å². The van der Waals surface area contributed by atoms with Crippen LogP contribution in [0.15, 0.2) is 66.1 Å². The highest BCUT2D eigenvalue weighted by Gasteiger charge is 2.17. The molecule has 0 N–H and O–H groups in total. The van der Waals surface area contributed by atoms with Gasteiger partial charge in [-0.3, -0.25) is 4.79 Å². The van der Waals surface area contributed by atoms with E-state index in [1.807, 2.05) is 30.3 Å². The van der Waals surface area contributed by atoms with Gasteiger partial charge in [0.15, 0.2) is 22.9 Å². The van der Waals surface area contributed by atoms with Crippen molar-refractivity contribution in [3.05, 3.63) is 66.6 Å². The molecule has 0 saturated carbocycles. The van der Waals surface area contributed by atoms with Crippen molar-refractivity contribution in [2.24, 2.45) is 0 Å². The van der Waals surface area contributed by atoms with Gasteiger partial charge in [0, 0.05) is 5.56 Å². The van der Waals surface area contributed by atoms with Crippen LogP contribution in [-0.4, -0.2) is 44.5 Å². The number of fused-ring (bicyclic) bond motifs is 2. The molecule has 8 heteroatoms. The van der Waals surface area contributed by atoms with Crippen LogP contribution >= 0.6 is 11.8 Å². The number of thioether (sulfide) groups is 1. The second-order valence-electron chi connectivity index (χ2n) is 6.38. The van der Waals surface area contributed by atoms with E-state index in [1.54, 1.807) is 29.1 Å². The van der Waals surface area contributed by atoms with Crippen LogP contribution in [0, 0.1) is 0 Å². The summed E-state index contributed by atoms with van der Waals surface area (Å²) in [5.41, 5.74) is 2.22. The summed E-state index contributed by atoms with van der Waals surface area (Å²) in [6.07, 6.45) is 3.24. The lowest BCUT2D eigenvalue weighted by atomic mass is 10.1. The van der Waals surface area contributed by atoms with Crippen molar-refractivity contribution in [1.82, 2.24) is 19.7 Å². The summed E-state index contributed by atoms with van der Waals surface area (Å²) in [6.45, 7) is 1.01. The first-order valence-corrected chi connectivity index (χ1v) is 10.1. The standard InChI is InChI=1S/C21H16N4O3S/c26-17(14-6-7-18-19(10-14)28-9-8-27-18)12-29-21-16-11-24-25(20(16)22-13-23-21)15-4-2-1-3-5-15/h1-7,10-11,13H,8-9,12H2. The lowest BCUT2D eigenvalue weighted by Crippen LogP contribution is -2.16. The summed E-state index contributed by atoms with van der Waals surface area (Å²) >= 11 is 1.37. The summed E-state index contributed by atoms with van der Waals surface area (Å²) < 4.78 is 12.8. The molecule has 0 saturated heterocycles. The van der Waals surface area contributed by atoms with Crippen LogP contribution in [0.2, 0.25) is 0 Å². The normalized spacial score (nSPS) is 12.8. The zero-order valence-electron chi connectivity index (χ0n) is 15.3. The minimum absolute atomic E-state index is 0.00538. The number of hydrogen-bond donors (Lipinski definition) is 0. The lowest BCUT2D eigenvalue weighted by Gasteiger charge is -2.18. The van der Waals surface area contributed by atoms with Crippen molar-refractivity contribution < 1.29 is 14.3 Å². The second-order valence-corrected chi connectivity index (χ2v) is 7.34. The molecule has 3 heterocycles. The smallest absolute Gasteiger partial charge is 0.173 e. The number of hydrogen-bond acceptors (Lipinski definition) is 7. The van der Waals surface area contributed by atoms with E-state index >= 15 is 0 Å². The Kier molecular flexibility index (Phi) is 4.61. The number of para-hydroxylation sites is 1. The number of carbonyl (C=O) groups is 1. The van der Waals surface area contributed by atoms with E-state index in [4.69, 9.17) is 9.47 Å². The van der Waals surface area contributed by atoms with Crippen LogP contribution in [-0.2, 0) is 0 Å². The maximum Gasteiger partial charge on any atom is 0.173 e. The first kappa shape index (κ1) is 17.7. The quantitative estimate of drug-likeness (QED) is 0.286. The molecular weight excluding hydrogens is 388 g/mol. The van der Waals surface area contributed by atoms with Crippen molar-refractivity contribution >= 4 is 28.6 Å². The first-order valence-electron chi connectivity index (χ1n) is 9.09. The molecule has 29 heavy (non-hydrogen) atoms. The van der Waals surface area contributed by atoms with Gasteiger partial charge in [-0.1, -0.05) is 30.0 Å². The molecule has 0 amide bonds. The molecule has 0 bridgehead atoms. The van der Waals surface area contributed by atoms with Crippen LogP contribution in [0.5, 0.6) is 11.5 Å². The first-order chi connectivity index (χ1) is 14.3. The molecule has 0 radical (unpaired) electrons. The van der Waals surface area contributed by atoms with Crippen LogP contribution in [0.1, 0.15) is 10.4 Å². The van der Waals surface area contributed by atoms with Crippen molar-refractivity contribution in [2.45, 2.75) is 5.03 Å². The summed E-state index contributed by atoms with van der Waals surface area (Å²) in [6, 6.07) is 15.1. The van der Waals surface area contributed by atoms with Gasteiger partial charge in [0.2, 0.25) is 0 Å². The Bertz CT molecular complexity index is 1190. The number of benzene rings is 2. The van der Waals surface area contributed by atoms with Crippen LogP contribution in [0.3, 0.4) is 0 Å². The van der Waals surface area contributed by atoms with Crippen molar-refractivity contribution in [2.75, 3.05) is 19.0 Å². The van der Waals surface area contributed by atoms with Crippen molar-refractivity contribution in [3.8, 4) is 17.2 Å². The molecule has 7 nitrogen and oxygen atoms in total. The summed E-state index contributed by atoms with van der Waals surface area (Å²) in [7, 11) is 0. The molecule has 5 rings (SSSR count). The topological polar surface area (TPSA) is 79.1 Å². The van der Waals surface area contributed by atoms with Gasteiger partial charge in [0.1, 0.15) is 24.6 Å². The summed E-state index contributed by atoms with van der Waals surface area (Å²) in [5, 5.41) is 5.99. The van der Waals surface area contributed by atoms with E-state index in [0.29, 0.717) is 35.9 Å². The predicted molar refractivity (Wildman–Crippen MR) is 109 cm³/mol. The maximum atomic E-state index is 12.7. The van der Waals surface area contributed by atoms with E-state index < -0.39 is 0 Å². The highest BCUT2D eigenvalue weighted by molar-refractivity contribution is 8.00. The van der Waals surface area contributed by atoms with Crippen molar-refractivity contribution in [1.29, 1.82) is 0 Å². The fraction of sp³-hybridized carbons (Fsp3) is 0.143. The second kappa shape index (κ2) is 7.56. The fourth-order valence-electron chi connectivity index (χ4n) is 3.13. The van der Waals surface area contributed by atoms with Gasteiger partial charge < -0.3 is 9.47 Å². The Hall–Kier alpha value is -3.39. The molecule has 0 fully saturated rings. The Morgan fingerprint density at radius 1 is 1.03 bits per heavy atom.